The molecule has 2 aromatic carbocycles. The lowest BCUT2D eigenvalue weighted by Crippen LogP contribution is -2.53. The van der Waals surface area contributed by atoms with E-state index in [1.165, 1.54) is 44.6 Å². The van der Waals surface area contributed by atoms with Gasteiger partial charge in [-0.1, -0.05) is 60.0 Å². The van der Waals surface area contributed by atoms with Gasteiger partial charge in [-0.2, -0.15) is 0 Å². The zero-order chi connectivity index (χ0) is 24.2. The topological polar surface area (TPSA) is 26.8 Å². The van der Waals surface area contributed by atoms with Crippen LogP contribution in [-0.2, 0) is 13.1 Å². The van der Waals surface area contributed by atoms with Crippen LogP contribution in [0.15, 0.2) is 42.1 Å². The van der Waals surface area contributed by atoms with Crippen LogP contribution in [-0.4, -0.2) is 45.9 Å². The molecule has 5 rings (SSSR count). The molecule has 2 aromatic rings. The predicted octanol–water partition coefficient (Wildman–Crippen LogP) is 6.21. The average Bonchev–Trinajstić information content (AvgIpc) is 2.86. The Balaban J connectivity index is 1.44. The molecule has 0 bridgehead atoms. The van der Waals surface area contributed by atoms with Crippen LogP contribution in [0.25, 0.3) is 0 Å². The van der Waals surface area contributed by atoms with E-state index in [9.17, 15) is 4.79 Å². The van der Waals surface area contributed by atoms with Gasteiger partial charge in [-0.15, -0.1) is 0 Å². The van der Waals surface area contributed by atoms with Crippen molar-refractivity contribution in [3.63, 3.8) is 0 Å². The van der Waals surface area contributed by atoms with Crippen molar-refractivity contribution in [3.05, 3.63) is 81.0 Å². The molecule has 3 heterocycles. The van der Waals surface area contributed by atoms with Gasteiger partial charge >= 0.3 is 6.03 Å². The van der Waals surface area contributed by atoms with Crippen molar-refractivity contribution >= 4 is 6.03 Å². The summed E-state index contributed by atoms with van der Waals surface area (Å²) < 4.78 is 0. The molecule has 0 unspecified atom stereocenters. The van der Waals surface area contributed by atoms with Crippen molar-refractivity contribution in [1.29, 1.82) is 0 Å². The highest BCUT2D eigenvalue weighted by Crippen LogP contribution is 2.47. The van der Waals surface area contributed by atoms with Crippen LogP contribution in [0.5, 0.6) is 0 Å². The first kappa shape index (κ1) is 23.2. The fraction of sp³-hybridized carbons (Fsp3) is 0.500. The Morgan fingerprint density at radius 2 is 1.59 bits per heavy atom. The maximum absolute atomic E-state index is 13.7. The molecule has 1 atom stereocenters. The van der Waals surface area contributed by atoms with E-state index < -0.39 is 0 Å². The second-order valence-corrected chi connectivity index (χ2v) is 10.9. The minimum atomic E-state index is -0.176. The largest absolute Gasteiger partial charge is 0.325 e. The molecule has 180 valence electrons. The Hall–Kier alpha value is -2.59. The minimum Gasteiger partial charge on any atom is -0.313 e. The third kappa shape index (κ3) is 3.76. The summed E-state index contributed by atoms with van der Waals surface area (Å²) in [6, 6.07) is 11.6. The van der Waals surface area contributed by atoms with Crippen LogP contribution in [0, 0.1) is 27.7 Å². The number of nitrogens with zero attached hydrogens (tertiary/aromatic N) is 3. The van der Waals surface area contributed by atoms with Gasteiger partial charge in [-0.25, -0.2) is 4.79 Å². The summed E-state index contributed by atoms with van der Waals surface area (Å²) >= 11 is 0. The SMILES string of the molecule is CCN1C(=O)N2Cc3cc(C)cc(C)c3[C@H](C)C=C2C12CCN(Cc1cc(C)cc(C)c1)CC2. The van der Waals surface area contributed by atoms with Crippen molar-refractivity contribution < 1.29 is 4.79 Å². The smallest absolute Gasteiger partial charge is 0.313 e. The van der Waals surface area contributed by atoms with E-state index in [2.05, 4.69) is 92.7 Å². The number of benzene rings is 2. The Morgan fingerprint density at radius 1 is 0.941 bits per heavy atom. The zero-order valence-electron chi connectivity index (χ0n) is 21.7. The number of carbonyl (C=O) groups is 1. The average molecular weight is 458 g/mol. The molecule has 2 saturated heterocycles. The van der Waals surface area contributed by atoms with Gasteiger partial charge < -0.3 is 4.90 Å². The Kier molecular flexibility index (Phi) is 5.84. The van der Waals surface area contributed by atoms with Crippen LogP contribution in [0.1, 0.15) is 71.6 Å². The van der Waals surface area contributed by atoms with Crippen LogP contribution >= 0.6 is 0 Å². The number of piperidine rings is 1. The number of likely N-dealkylation sites (tertiary alicyclic amines) is 1. The number of carbonyl (C=O) groups excluding carboxylic acids is 1. The van der Waals surface area contributed by atoms with E-state index in [0.717, 1.165) is 39.0 Å². The monoisotopic (exact) mass is 457 g/mol. The second-order valence-electron chi connectivity index (χ2n) is 10.9. The summed E-state index contributed by atoms with van der Waals surface area (Å²) in [6.45, 7) is 17.7. The van der Waals surface area contributed by atoms with Crippen molar-refractivity contribution in [3.8, 4) is 0 Å². The van der Waals surface area contributed by atoms with E-state index >= 15 is 0 Å². The molecule has 0 radical (unpaired) electrons. The second kappa shape index (κ2) is 8.57. The highest BCUT2D eigenvalue weighted by atomic mass is 16.2. The number of likely N-dealkylation sites (N-methyl/N-ethyl adjacent to an activating group) is 1. The van der Waals surface area contributed by atoms with Crippen LogP contribution < -0.4 is 0 Å². The van der Waals surface area contributed by atoms with Gasteiger partial charge in [0.2, 0.25) is 0 Å². The number of amides is 2. The fourth-order valence-electron chi connectivity index (χ4n) is 7.02. The predicted molar refractivity (Wildman–Crippen MR) is 139 cm³/mol. The van der Waals surface area contributed by atoms with E-state index in [4.69, 9.17) is 0 Å². The van der Waals surface area contributed by atoms with Gasteiger partial charge in [0.25, 0.3) is 0 Å². The molecule has 3 aliphatic heterocycles. The number of hydrogen-bond donors (Lipinski definition) is 0. The van der Waals surface area contributed by atoms with Gasteiger partial charge in [-0.05, 0) is 69.7 Å². The van der Waals surface area contributed by atoms with E-state index in [0.29, 0.717) is 12.5 Å². The highest BCUT2D eigenvalue weighted by Gasteiger charge is 2.54. The zero-order valence-corrected chi connectivity index (χ0v) is 21.7. The Bertz CT molecular complexity index is 1140. The van der Waals surface area contributed by atoms with Crippen molar-refractivity contribution in [2.75, 3.05) is 19.6 Å². The standard InChI is InChI=1S/C30H39N3O/c1-7-33-29(34)32-19-26-16-22(4)13-23(5)28(26)24(6)17-27(32)30(33)8-10-31(11-9-30)18-25-14-20(2)12-21(3)15-25/h12-17,24H,7-11,18-19H2,1-6H3/t24-/m1/s1. The third-order valence-corrected chi connectivity index (χ3v) is 8.24. The number of fused-ring (bicyclic) bond motifs is 3. The van der Waals surface area contributed by atoms with Crippen molar-refractivity contribution in [2.24, 2.45) is 0 Å². The van der Waals surface area contributed by atoms with Crippen molar-refractivity contribution in [2.45, 2.75) is 78.9 Å². The molecule has 1 spiro atoms. The molecule has 0 saturated carbocycles. The quantitative estimate of drug-likeness (QED) is 0.547. The van der Waals surface area contributed by atoms with Gasteiger partial charge in [0, 0.05) is 37.8 Å². The van der Waals surface area contributed by atoms with E-state index in [-0.39, 0.29) is 11.6 Å². The van der Waals surface area contributed by atoms with Crippen LogP contribution in [0.2, 0.25) is 0 Å². The molecule has 3 aliphatic rings. The van der Waals surface area contributed by atoms with E-state index in [1.54, 1.807) is 0 Å². The van der Waals surface area contributed by atoms with E-state index in [1.807, 2.05) is 0 Å². The number of allylic oxidation sites excluding steroid dienone is 1. The van der Waals surface area contributed by atoms with Crippen LogP contribution in [0.4, 0.5) is 4.79 Å². The molecule has 4 heteroatoms. The van der Waals surface area contributed by atoms with Crippen LogP contribution in [0.3, 0.4) is 0 Å². The molecule has 0 aromatic heterocycles. The summed E-state index contributed by atoms with van der Waals surface area (Å²) in [4.78, 5) is 20.6. The first-order valence-electron chi connectivity index (χ1n) is 12.9. The number of rotatable bonds is 3. The molecule has 0 aliphatic carbocycles. The summed E-state index contributed by atoms with van der Waals surface area (Å²) in [5.41, 5.74) is 10.5. The fourth-order valence-corrected chi connectivity index (χ4v) is 7.02. The van der Waals surface area contributed by atoms with Gasteiger partial charge in [0.1, 0.15) is 0 Å². The molecular formula is C30H39N3O. The van der Waals surface area contributed by atoms with Gasteiger partial charge in [0.15, 0.2) is 0 Å². The third-order valence-electron chi connectivity index (χ3n) is 8.24. The molecule has 2 fully saturated rings. The maximum Gasteiger partial charge on any atom is 0.325 e. The highest BCUT2D eigenvalue weighted by molar-refractivity contribution is 5.83. The van der Waals surface area contributed by atoms with Crippen molar-refractivity contribution in [1.82, 2.24) is 14.7 Å². The first-order chi connectivity index (χ1) is 16.2. The molecule has 34 heavy (non-hydrogen) atoms. The first-order valence-corrected chi connectivity index (χ1v) is 12.9. The lowest BCUT2D eigenvalue weighted by Gasteiger charge is -2.44. The number of aryl methyl sites for hydroxylation is 4. The Labute approximate surface area is 205 Å². The summed E-state index contributed by atoms with van der Waals surface area (Å²) in [6.07, 6.45) is 4.42. The molecule has 4 nitrogen and oxygen atoms in total. The van der Waals surface area contributed by atoms with Gasteiger partial charge in [0.05, 0.1) is 12.1 Å². The Morgan fingerprint density at radius 3 is 2.24 bits per heavy atom. The molecule has 0 N–H and O–H groups in total. The summed E-state index contributed by atoms with van der Waals surface area (Å²) in [7, 11) is 0. The normalized spacial score (nSPS) is 22.0. The summed E-state index contributed by atoms with van der Waals surface area (Å²) in [5.74, 6) is 0.311. The maximum atomic E-state index is 13.7. The number of urea groups is 1. The summed E-state index contributed by atoms with van der Waals surface area (Å²) in [5, 5.41) is 0. The molecular weight excluding hydrogens is 418 g/mol. The lowest BCUT2D eigenvalue weighted by molar-refractivity contribution is 0.0888. The number of hydrogen-bond acceptors (Lipinski definition) is 2. The van der Waals surface area contributed by atoms with Gasteiger partial charge in [-0.3, -0.25) is 9.80 Å². The lowest BCUT2D eigenvalue weighted by atomic mass is 9.81. The molecule has 2 amide bonds. The minimum absolute atomic E-state index is 0.176.